The Kier molecular flexibility index (Phi) is 14.8. The molecule has 0 bridgehead atoms. The normalized spacial score (nSPS) is 18.2. The van der Waals surface area contributed by atoms with Gasteiger partial charge in [-0.05, 0) is 90.5 Å². The highest BCUT2D eigenvalue weighted by Crippen LogP contribution is 2.39. The molecule has 6 aromatic carbocycles. The highest BCUT2D eigenvalue weighted by Gasteiger charge is 2.34. The van der Waals surface area contributed by atoms with E-state index in [0.717, 1.165) is 50.1 Å². The number of rotatable bonds is 17. The van der Waals surface area contributed by atoms with E-state index < -0.39 is 34.4 Å². The van der Waals surface area contributed by atoms with Crippen LogP contribution in [0, 0.1) is 6.92 Å². The van der Waals surface area contributed by atoms with E-state index in [2.05, 4.69) is 21.0 Å². The van der Waals surface area contributed by atoms with E-state index in [1.165, 1.54) is 12.1 Å². The minimum atomic E-state index is -3.98. The number of carbonyl (C=O) groups is 1. The van der Waals surface area contributed by atoms with Crippen LogP contribution in [0.25, 0.3) is 11.1 Å². The number of likely N-dealkylation sites (N-methyl/N-ethyl adjacent to an activating group) is 1. The van der Waals surface area contributed by atoms with Gasteiger partial charge >= 0.3 is 0 Å². The van der Waals surface area contributed by atoms with Gasteiger partial charge in [0.2, 0.25) is 15.9 Å². The summed E-state index contributed by atoms with van der Waals surface area (Å²) in [5, 5.41) is 23.9. The van der Waals surface area contributed by atoms with Crippen molar-refractivity contribution in [3.63, 3.8) is 0 Å². The minimum absolute atomic E-state index is 0.0439. The Morgan fingerprint density at radius 1 is 0.758 bits per heavy atom. The van der Waals surface area contributed by atoms with Crippen LogP contribution in [0.4, 0.5) is 0 Å². The third-order valence-corrected chi connectivity index (χ3v) is 13.0. The second kappa shape index (κ2) is 20.6. The topological polar surface area (TPSA) is 137 Å². The van der Waals surface area contributed by atoms with Gasteiger partial charge in [-0.15, -0.1) is 0 Å². The molecule has 10 nitrogen and oxygen atoms in total. The van der Waals surface area contributed by atoms with Crippen LogP contribution in [0.1, 0.15) is 70.8 Å². The van der Waals surface area contributed by atoms with E-state index in [4.69, 9.17) is 9.47 Å². The molecule has 1 fully saturated rings. The van der Waals surface area contributed by atoms with Crippen LogP contribution in [0.15, 0.2) is 163 Å². The first-order valence-corrected chi connectivity index (χ1v) is 22.5. The molecule has 0 aromatic heterocycles. The first-order chi connectivity index (χ1) is 29.9. The van der Waals surface area contributed by atoms with E-state index in [1.54, 1.807) is 12.1 Å². The molecule has 62 heavy (non-hydrogen) atoms. The molecule has 1 heterocycles. The largest absolute Gasteiger partial charge is 0.392 e. The zero-order valence-electron chi connectivity index (χ0n) is 35.3. The number of hydrogen-bond donors (Lipinski definition) is 4. The Morgan fingerprint density at radius 3 is 2.10 bits per heavy atom. The molecule has 7 rings (SSSR count). The van der Waals surface area contributed by atoms with Gasteiger partial charge in [0.1, 0.15) is 6.04 Å². The molecule has 0 spiro atoms. The Hall–Kier alpha value is -5.50. The average Bonchev–Trinajstić information content (AvgIpc) is 3.30. The maximum atomic E-state index is 13.8. The molecular weight excluding hydrogens is 799 g/mol. The minimum Gasteiger partial charge on any atom is -0.392 e. The van der Waals surface area contributed by atoms with Crippen molar-refractivity contribution in [2.75, 3.05) is 13.6 Å². The van der Waals surface area contributed by atoms with Crippen LogP contribution in [0.2, 0.25) is 0 Å². The van der Waals surface area contributed by atoms with Crippen molar-refractivity contribution in [2.24, 2.45) is 0 Å². The van der Waals surface area contributed by atoms with Crippen molar-refractivity contribution in [3.05, 3.63) is 197 Å². The maximum Gasteiger partial charge on any atom is 0.241 e. The molecule has 0 unspecified atom stereocenters. The van der Waals surface area contributed by atoms with Crippen molar-refractivity contribution in [1.29, 1.82) is 0 Å². The summed E-state index contributed by atoms with van der Waals surface area (Å²) < 4.78 is 42.9. The van der Waals surface area contributed by atoms with Crippen molar-refractivity contribution < 1.29 is 32.9 Å². The van der Waals surface area contributed by atoms with Gasteiger partial charge in [-0.1, -0.05) is 139 Å². The van der Waals surface area contributed by atoms with Crippen molar-refractivity contribution in [1.82, 2.24) is 14.9 Å². The summed E-state index contributed by atoms with van der Waals surface area (Å²) >= 11 is 0. The lowest BCUT2D eigenvalue weighted by Gasteiger charge is -2.39. The maximum absolute atomic E-state index is 13.8. The number of carbonyl (C=O) groups excluding carboxylic acids is 1. The van der Waals surface area contributed by atoms with Gasteiger partial charge in [-0.25, -0.2) is 8.42 Å². The summed E-state index contributed by atoms with van der Waals surface area (Å²) in [6.07, 6.45) is -1.10. The standard InChI is InChI=1S/C51H55N3O7S/c1-35-20-26-46(27-21-35)62(58,59)53-47(29-37-12-6-4-7-13-37)50(57)52-32-39-14-10-17-42(28-39)43-18-11-19-44(30-43)51-60-45(31-48(61-51)40-24-22-38(34-55)23-25-40)33-54(3)36(2)49(56)41-15-8-5-9-16-41/h4-28,30,36,45,47-49,51,53,55-56H,29,31-34H2,1-3H3,(H,52,57)/t36-,45+,47+,48-,49-,51-/m0/s1. The van der Waals surface area contributed by atoms with Crippen LogP contribution in [-0.2, 0) is 43.9 Å². The number of nitrogens with one attached hydrogen (secondary N) is 2. The summed E-state index contributed by atoms with van der Waals surface area (Å²) in [4.78, 5) is 16.0. The fraction of sp³-hybridized carbons (Fsp3) is 0.275. The highest BCUT2D eigenvalue weighted by atomic mass is 32.2. The predicted octanol–water partition coefficient (Wildman–Crippen LogP) is 7.96. The molecule has 0 aliphatic carbocycles. The number of aliphatic hydroxyl groups excluding tert-OH is 2. The number of aryl methyl sites for hydroxylation is 1. The average molecular weight is 854 g/mol. The zero-order valence-corrected chi connectivity index (χ0v) is 36.1. The second-order valence-electron chi connectivity index (χ2n) is 16.1. The number of nitrogens with zero attached hydrogens (tertiary/aromatic N) is 1. The van der Waals surface area contributed by atoms with Crippen molar-refractivity contribution >= 4 is 15.9 Å². The summed E-state index contributed by atoms with van der Waals surface area (Å²) in [5.74, 6) is -0.437. The lowest BCUT2D eigenvalue weighted by Crippen LogP contribution is -2.47. The molecule has 1 aliphatic heterocycles. The van der Waals surface area contributed by atoms with Crippen LogP contribution < -0.4 is 10.0 Å². The summed E-state index contributed by atoms with van der Waals surface area (Å²) in [6, 6.07) is 48.0. The number of ether oxygens (including phenoxy) is 2. The summed E-state index contributed by atoms with van der Waals surface area (Å²) in [6.45, 7) is 4.60. The van der Waals surface area contributed by atoms with Crippen molar-refractivity contribution in [2.45, 2.75) is 81.4 Å². The predicted molar refractivity (Wildman–Crippen MR) is 241 cm³/mol. The molecule has 11 heteroatoms. The molecular formula is C51H55N3O7S. The number of hydrogen-bond acceptors (Lipinski definition) is 8. The number of aliphatic hydroxyl groups is 2. The van der Waals surface area contributed by atoms with Crippen LogP contribution >= 0.6 is 0 Å². The molecule has 6 atom stereocenters. The third kappa shape index (κ3) is 11.5. The molecule has 1 saturated heterocycles. The fourth-order valence-corrected chi connectivity index (χ4v) is 8.93. The summed E-state index contributed by atoms with van der Waals surface area (Å²) in [7, 11) is -1.98. The second-order valence-corrected chi connectivity index (χ2v) is 17.8. The Balaban J connectivity index is 1.07. The first kappa shape index (κ1) is 44.6. The number of sulfonamides is 1. The molecule has 4 N–H and O–H groups in total. The Bertz CT molecular complexity index is 2490. The zero-order chi connectivity index (χ0) is 43.6. The first-order valence-electron chi connectivity index (χ1n) is 21.0. The van der Waals surface area contributed by atoms with Gasteiger partial charge in [0, 0.05) is 31.1 Å². The quantitative estimate of drug-likeness (QED) is 0.0726. The lowest BCUT2D eigenvalue weighted by atomic mass is 9.97. The molecule has 0 saturated carbocycles. The Morgan fingerprint density at radius 2 is 1.40 bits per heavy atom. The Labute approximate surface area is 365 Å². The van der Waals surface area contributed by atoms with E-state index in [-0.39, 0.29) is 42.7 Å². The van der Waals surface area contributed by atoms with Crippen LogP contribution in [0.5, 0.6) is 0 Å². The molecule has 1 aliphatic rings. The van der Waals surface area contributed by atoms with Gasteiger partial charge in [-0.3, -0.25) is 9.69 Å². The van der Waals surface area contributed by atoms with E-state index in [0.29, 0.717) is 13.0 Å². The monoisotopic (exact) mass is 853 g/mol. The van der Waals surface area contributed by atoms with Gasteiger partial charge in [0.25, 0.3) is 0 Å². The summed E-state index contributed by atoms with van der Waals surface area (Å²) in [5.41, 5.74) is 7.96. The lowest BCUT2D eigenvalue weighted by molar-refractivity contribution is -0.253. The number of amides is 1. The molecule has 6 aromatic rings. The molecule has 0 radical (unpaired) electrons. The van der Waals surface area contributed by atoms with Crippen molar-refractivity contribution in [3.8, 4) is 11.1 Å². The smallest absolute Gasteiger partial charge is 0.241 e. The fourth-order valence-electron chi connectivity index (χ4n) is 7.74. The third-order valence-electron chi connectivity index (χ3n) is 11.5. The van der Waals surface area contributed by atoms with E-state index >= 15 is 0 Å². The number of benzene rings is 6. The molecule has 1 amide bonds. The van der Waals surface area contributed by atoms with Gasteiger partial charge < -0.3 is 25.0 Å². The van der Waals surface area contributed by atoms with Gasteiger partial charge in [-0.2, -0.15) is 4.72 Å². The SMILES string of the molecule is Cc1ccc(S(=O)(=O)N[C@H](Cc2ccccc2)C(=O)NCc2cccc(-c3cccc([C@H]4O[C@@H](CN(C)[C@@H](C)[C@H](O)c5ccccc5)C[C@@H](c5ccc(CO)cc5)O4)c3)c2)cc1. The highest BCUT2D eigenvalue weighted by molar-refractivity contribution is 7.89. The van der Waals surface area contributed by atoms with E-state index in [1.807, 2.05) is 148 Å². The van der Waals surface area contributed by atoms with Crippen LogP contribution in [0.3, 0.4) is 0 Å². The van der Waals surface area contributed by atoms with E-state index in [9.17, 15) is 23.4 Å². The van der Waals surface area contributed by atoms with Crippen LogP contribution in [-0.4, -0.2) is 61.2 Å². The molecule has 322 valence electrons. The van der Waals surface area contributed by atoms with Gasteiger partial charge in [0.15, 0.2) is 6.29 Å². The van der Waals surface area contributed by atoms with Gasteiger partial charge in [0.05, 0.1) is 29.8 Å².